The van der Waals surface area contributed by atoms with Crippen molar-refractivity contribution in [3.63, 3.8) is 0 Å². The molecule has 0 aliphatic rings. The van der Waals surface area contributed by atoms with Gasteiger partial charge in [-0.15, -0.1) is 0 Å². The number of pyridine rings is 1. The van der Waals surface area contributed by atoms with Crippen molar-refractivity contribution in [3.05, 3.63) is 65.7 Å². The van der Waals surface area contributed by atoms with Crippen LogP contribution in [0.2, 0.25) is 0 Å². The molecule has 3 nitrogen and oxygen atoms in total. The standard InChI is InChI=1S/C16H16N2O/c1-11-3-2-4-13-10-15(19-16(11)13)14(17)9-12-5-7-18-8-6-12/h2-8,10,14H,9,17H2,1H3. The van der Waals surface area contributed by atoms with Crippen molar-refractivity contribution >= 4 is 11.0 Å². The monoisotopic (exact) mass is 252 g/mol. The van der Waals surface area contributed by atoms with Gasteiger partial charge in [-0.3, -0.25) is 4.98 Å². The minimum atomic E-state index is -0.130. The van der Waals surface area contributed by atoms with Crippen LogP contribution in [-0.4, -0.2) is 4.98 Å². The van der Waals surface area contributed by atoms with Crippen LogP contribution in [0, 0.1) is 6.92 Å². The first-order valence-electron chi connectivity index (χ1n) is 6.37. The number of nitrogens with zero attached hydrogens (tertiary/aromatic N) is 1. The smallest absolute Gasteiger partial charge is 0.137 e. The van der Waals surface area contributed by atoms with Crippen molar-refractivity contribution in [1.29, 1.82) is 0 Å². The van der Waals surface area contributed by atoms with E-state index in [1.165, 1.54) is 5.56 Å². The molecule has 2 aromatic heterocycles. The summed E-state index contributed by atoms with van der Waals surface area (Å²) < 4.78 is 5.89. The highest BCUT2D eigenvalue weighted by Crippen LogP contribution is 2.26. The lowest BCUT2D eigenvalue weighted by atomic mass is 10.1. The molecule has 3 heteroatoms. The lowest BCUT2D eigenvalue weighted by molar-refractivity contribution is 0.493. The van der Waals surface area contributed by atoms with Crippen LogP contribution >= 0.6 is 0 Å². The zero-order chi connectivity index (χ0) is 13.2. The fourth-order valence-corrected chi connectivity index (χ4v) is 2.28. The quantitative estimate of drug-likeness (QED) is 0.777. The van der Waals surface area contributed by atoms with Crippen LogP contribution in [0.15, 0.2) is 53.2 Å². The lowest BCUT2D eigenvalue weighted by Gasteiger charge is -2.08. The molecule has 2 heterocycles. The maximum atomic E-state index is 6.23. The van der Waals surface area contributed by atoms with Crippen molar-refractivity contribution in [3.8, 4) is 0 Å². The van der Waals surface area contributed by atoms with Gasteiger partial charge in [0.25, 0.3) is 0 Å². The van der Waals surface area contributed by atoms with E-state index in [-0.39, 0.29) is 6.04 Å². The molecule has 1 aromatic carbocycles. The van der Waals surface area contributed by atoms with Crippen LogP contribution in [0.1, 0.15) is 22.9 Å². The number of aromatic nitrogens is 1. The summed E-state index contributed by atoms with van der Waals surface area (Å²) in [5.41, 5.74) is 9.46. The number of rotatable bonds is 3. The fourth-order valence-electron chi connectivity index (χ4n) is 2.28. The number of fused-ring (bicyclic) bond motifs is 1. The van der Waals surface area contributed by atoms with Crippen molar-refractivity contribution < 1.29 is 4.42 Å². The summed E-state index contributed by atoms with van der Waals surface area (Å²) in [5, 5.41) is 1.11. The Morgan fingerprint density at radius 1 is 1.21 bits per heavy atom. The summed E-state index contributed by atoms with van der Waals surface area (Å²) in [6.45, 7) is 2.05. The number of para-hydroxylation sites is 1. The van der Waals surface area contributed by atoms with Gasteiger partial charge in [-0.1, -0.05) is 18.2 Å². The van der Waals surface area contributed by atoms with Crippen LogP contribution in [0.5, 0.6) is 0 Å². The number of benzene rings is 1. The number of hydrogen-bond acceptors (Lipinski definition) is 3. The molecule has 0 fully saturated rings. The lowest BCUT2D eigenvalue weighted by Crippen LogP contribution is -2.12. The average molecular weight is 252 g/mol. The molecule has 19 heavy (non-hydrogen) atoms. The number of hydrogen-bond donors (Lipinski definition) is 1. The molecule has 2 N–H and O–H groups in total. The predicted molar refractivity (Wildman–Crippen MR) is 75.8 cm³/mol. The van der Waals surface area contributed by atoms with E-state index < -0.39 is 0 Å². The van der Waals surface area contributed by atoms with E-state index >= 15 is 0 Å². The molecule has 0 saturated carbocycles. The molecule has 0 aliphatic heterocycles. The molecular weight excluding hydrogens is 236 g/mol. The van der Waals surface area contributed by atoms with Crippen LogP contribution in [-0.2, 0) is 6.42 Å². The van der Waals surface area contributed by atoms with Crippen LogP contribution in [0.25, 0.3) is 11.0 Å². The molecule has 0 aliphatic carbocycles. The molecule has 1 atom stereocenters. The maximum absolute atomic E-state index is 6.23. The van der Waals surface area contributed by atoms with Gasteiger partial charge in [-0.2, -0.15) is 0 Å². The van der Waals surface area contributed by atoms with Gasteiger partial charge in [-0.05, 0) is 42.7 Å². The summed E-state index contributed by atoms with van der Waals surface area (Å²) in [4.78, 5) is 4.01. The van der Waals surface area contributed by atoms with Crippen LogP contribution in [0.3, 0.4) is 0 Å². The molecule has 0 radical (unpaired) electrons. The number of nitrogens with two attached hydrogens (primary N) is 1. The number of aryl methyl sites for hydroxylation is 1. The van der Waals surface area contributed by atoms with Crippen molar-refractivity contribution in [2.45, 2.75) is 19.4 Å². The molecule has 0 saturated heterocycles. The van der Waals surface area contributed by atoms with Gasteiger partial charge < -0.3 is 10.2 Å². The topological polar surface area (TPSA) is 52.0 Å². The van der Waals surface area contributed by atoms with E-state index in [4.69, 9.17) is 10.2 Å². The minimum absolute atomic E-state index is 0.130. The van der Waals surface area contributed by atoms with Crippen molar-refractivity contribution in [2.75, 3.05) is 0 Å². The van der Waals surface area contributed by atoms with Gasteiger partial charge >= 0.3 is 0 Å². The first-order chi connectivity index (χ1) is 9.24. The van der Waals surface area contributed by atoms with E-state index in [1.54, 1.807) is 12.4 Å². The Morgan fingerprint density at radius 3 is 2.74 bits per heavy atom. The fraction of sp³-hybridized carbons (Fsp3) is 0.188. The predicted octanol–water partition coefficient (Wildman–Crippen LogP) is 3.38. The highest BCUT2D eigenvalue weighted by Gasteiger charge is 2.13. The van der Waals surface area contributed by atoms with Gasteiger partial charge in [0.2, 0.25) is 0 Å². The maximum Gasteiger partial charge on any atom is 0.137 e. The zero-order valence-corrected chi connectivity index (χ0v) is 10.8. The Kier molecular flexibility index (Phi) is 3.05. The summed E-state index contributed by atoms with van der Waals surface area (Å²) in [5.74, 6) is 0.834. The Bertz CT molecular complexity index is 688. The Morgan fingerprint density at radius 2 is 2.00 bits per heavy atom. The second-order valence-corrected chi connectivity index (χ2v) is 4.81. The molecule has 96 valence electrons. The second-order valence-electron chi connectivity index (χ2n) is 4.81. The molecule has 0 spiro atoms. The summed E-state index contributed by atoms with van der Waals surface area (Å²) in [6, 6.07) is 12.0. The molecule has 3 aromatic rings. The van der Waals surface area contributed by atoms with Gasteiger partial charge in [0.15, 0.2) is 0 Å². The third kappa shape index (κ3) is 2.37. The van der Waals surface area contributed by atoms with E-state index in [0.29, 0.717) is 0 Å². The van der Waals surface area contributed by atoms with Crippen molar-refractivity contribution in [2.24, 2.45) is 5.73 Å². The van der Waals surface area contributed by atoms with Crippen LogP contribution < -0.4 is 5.73 Å². The molecule has 3 rings (SSSR count). The minimum Gasteiger partial charge on any atom is -0.459 e. The van der Waals surface area contributed by atoms with E-state index in [2.05, 4.69) is 11.1 Å². The van der Waals surface area contributed by atoms with Gasteiger partial charge in [0.1, 0.15) is 11.3 Å². The molecule has 0 amide bonds. The van der Waals surface area contributed by atoms with E-state index in [0.717, 1.165) is 28.7 Å². The summed E-state index contributed by atoms with van der Waals surface area (Å²) in [6.07, 6.45) is 4.32. The van der Waals surface area contributed by atoms with E-state index in [9.17, 15) is 0 Å². The van der Waals surface area contributed by atoms with Gasteiger partial charge in [0, 0.05) is 17.8 Å². The van der Waals surface area contributed by atoms with Gasteiger partial charge in [0.05, 0.1) is 6.04 Å². The highest BCUT2D eigenvalue weighted by molar-refractivity contribution is 5.81. The third-order valence-electron chi connectivity index (χ3n) is 3.33. The molecular formula is C16H16N2O. The Balaban J connectivity index is 1.89. The first kappa shape index (κ1) is 11.9. The van der Waals surface area contributed by atoms with Crippen molar-refractivity contribution in [1.82, 2.24) is 4.98 Å². The first-order valence-corrected chi connectivity index (χ1v) is 6.37. The molecule has 0 bridgehead atoms. The highest BCUT2D eigenvalue weighted by atomic mass is 16.3. The Hall–Kier alpha value is -2.13. The largest absolute Gasteiger partial charge is 0.459 e. The summed E-state index contributed by atoms with van der Waals surface area (Å²) >= 11 is 0. The Labute approximate surface area is 112 Å². The molecule has 1 unspecified atom stereocenters. The SMILES string of the molecule is Cc1cccc2cc(C(N)Cc3ccncc3)oc12. The summed E-state index contributed by atoms with van der Waals surface area (Å²) in [7, 11) is 0. The average Bonchev–Trinajstić information content (AvgIpc) is 2.85. The van der Waals surface area contributed by atoms with E-state index in [1.807, 2.05) is 37.3 Å². The van der Waals surface area contributed by atoms with Crippen LogP contribution in [0.4, 0.5) is 0 Å². The van der Waals surface area contributed by atoms with Gasteiger partial charge in [-0.25, -0.2) is 0 Å². The second kappa shape index (κ2) is 4.86. The third-order valence-corrected chi connectivity index (χ3v) is 3.33. The number of furan rings is 1. The zero-order valence-electron chi connectivity index (χ0n) is 10.8. The normalized spacial score (nSPS) is 12.7.